The molecule has 0 saturated carbocycles. The van der Waals surface area contributed by atoms with E-state index in [9.17, 15) is 0 Å². The van der Waals surface area contributed by atoms with Crippen LogP contribution >= 0.6 is 23.7 Å². The largest absolute Gasteiger partial charge is 0.375 e. The lowest BCUT2D eigenvalue weighted by Gasteiger charge is -2.33. The average molecular weight is 312 g/mol. The number of hydrogen-bond donors (Lipinski definition) is 2. The van der Waals surface area contributed by atoms with Crippen LogP contribution in [0.1, 0.15) is 31.2 Å². The van der Waals surface area contributed by atoms with E-state index in [1.54, 1.807) is 11.3 Å². The minimum Gasteiger partial charge on any atom is -0.375 e. The Morgan fingerprint density at radius 1 is 1.30 bits per heavy atom. The van der Waals surface area contributed by atoms with Crippen LogP contribution in [0.3, 0.4) is 0 Å². The van der Waals surface area contributed by atoms with Crippen molar-refractivity contribution in [2.24, 2.45) is 0 Å². The molecule has 0 aliphatic heterocycles. The molecule has 3 N–H and O–H groups in total. The maximum atomic E-state index is 5.64. The topological polar surface area (TPSA) is 50.9 Å². The van der Waals surface area contributed by atoms with Gasteiger partial charge in [-0.05, 0) is 12.5 Å². The molecule has 2 aromatic rings. The third-order valence-electron chi connectivity index (χ3n) is 3.75. The van der Waals surface area contributed by atoms with E-state index in [-0.39, 0.29) is 17.8 Å². The fourth-order valence-electron chi connectivity index (χ4n) is 2.03. The summed E-state index contributed by atoms with van der Waals surface area (Å²) in [5.41, 5.74) is 7.07. The highest BCUT2D eigenvalue weighted by atomic mass is 35.5. The summed E-state index contributed by atoms with van der Waals surface area (Å²) in [5.74, 6) is 0. The molecule has 0 fully saturated rings. The molecule has 0 aliphatic carbocycles. The summed E-state index contributed by atoms with van der Waals surface area (Å²) in [6.45, 7) is 7.56. The van der Waals surface area contributed by atoms with E-state index in [0.29, 0.717) is 11.2 Å². The van der Waals surface area contributed by atoms with E-state index in [4.69, 9.17) is 5.73 Å². The number of benzene rings is 1. The fraction of sp³-hybridized carbons (Fsp3) is 0.400. The van der Waals surface area contributed by atoms with Crippen molar-refractivity contribution in [3.63, 3.8) is 0 Å². The van der Waals surface area contributed by atoms with Gasteiger partial charge in [0.2, 0.25) is 0 Å². The van der Waals surface area contributed by atoms with Gasteiger partial charge in [-0.2, -0.15) is 0 Å². The zero-order valence-electron chi connectivity index (χ0n) is 12.1. The first-order chi connectivity index (χ1) is 9.00. The molecule has 2 rings (SSSR count). The van der Waals surface area contributed by atoms with Crippen LogP contribution in [-0.2, 0) is 12.0 Å². The minimum atomic E-state index is 0. The Bertz CT molecular complexity index is 525. The fourth-order valence-corrected chi connectivity index (χ4v) is 2.67. The number of anilines is 1. The number of rotatable bonds is 5. The first-order valence-corrected chi connectivity index (χ1v) is 7.31. The van der Waals surface area contributed by atoms with E-state index >= 15 is 0 Å². The highest BCUT2D eigenvalue weighted by Gasteiger charge is 2.27. The molecule has 110 valence electrons. The second-order valence-electron chi connectivity index (χ2n) is 5.36. The van der Waals surface area contributed by atoms with E-state index < -0.39 is 0 Å². The maximum absolute atomic E-state index is 5.64. The molecule has 1 aromatic carbocycles. The van der Waals surface area contributed by atoms with Crippen LogP contribution in [0.25, 0.3) is 0 Å². The molecule has 0 saturated heterocycles. The summed E-state index contributed by atoms with van der Waals surface area (Å²) >= 11 is 1.54. The number of nitrogens with zero attached hydrogens (tertiary/aromatic N) is 1. The van der Waals surface area contributed by atoms with Gasteiger partial charge in [-0.15, -0.1) is 23.7 Å². The second-order valence-corrected chi connectivity index (χ2v) is 6.50. The van der Waals surface area contributed by atoms with Crippen molar-refractivity contribution in [1.82, 2.24) is 10.3 Å². The van der Waals surface area contributed by atoms with Crippen LogP contribution < -0.4 is 11.1 Å². The zero-order chi connectivity index (χ0) is 13.9. The quantitative estimate of drug-likeness (QED) is 0.887. The Morgan fingerprint density at radius 2 is 1.95 bits per heavy atom. The number of halogens is 1. The summed E-state index contributed by atoms with van der Waals surface area (Å²) in [7, 11) is 0. The summed E-state index contributed by atoms with van der Waals surface area (Å²) in [4.78, 5) is 5.25. The van der Waals surface area contributed by atoms with Crippen LogP contribution in [-0.4, -0.2) is 11.0 Å². The monoisotopic (exact) mass is 311 g/mol. The van der Waals surface area contributed by atoms with Crippen LogP contribution in [0.2, 0.25) is 0 Å². The van der Waals surface area contributed by atoms with Crippen LogP contribution in [0, 0.1) is 0 Å². The molecule has 1 unspecified atom stereocenters. The number of aromatic nitrogens is 1. The number of thiazole rings is 1. The molecular weight excluding hydrogens is 290 g/mol. The van der Waals surface area contributed by atoms with Crippen molar-refractivity contribution in [2.45, 2.75) is 38.8 Å². The van der Waals surface area contributed by atoms with Crippen molar-refractivity contribution in [2.75, 3.05) is 5.73 Å². The van der Waals surface area contributed by atoms with Gasteiger partial charge < -0.3 is 11.1 Å². The molecule has 0 radical (unpaired) electrons. The second kappa shape index (κ2) is 7.07. The Morgan fingerprint density at radius 3 is 2.50 bits per heavy atom. The van der Waals surface area contributed by atoms with E-state index in [0.717, 1.165) is 6.54 Å². The molecular formula is C15H22ClN3S. The van der Waals surface area contributed by atoms with Crippen molar-refractivity contribution >= 4 is 28.9 Å². The lowest BCUT2D eigenvalue weighted by molar-refractivity contribution is 0.361. The molecule has 1 atom stereocenters. The highest BCUT2D eigenvalue weighted by molar-refractivity contribution is 7.15. The molecule has 20 heavy (non-hydrogen) atoms. The number of nitrogen functional groups attached to an aromatic ring is 1. The molecule has 0 bridgehead atoms. The summed E-state index contributed by atoms with van der Waals surface area (Å²) in [6.07, 6.45) is 1.84. The highest BCUT2D eigenvalue weighted by Crippen LogP contribution is 2.27. The van der Waals surface area contributed by atoms with Gasteiger partial charge in [0.15, 0.2) is 5.13 Å². The summed E-state index contributed by atoms with van der Waals surface area (Å²) in [5, 5.41) is 4.20. The van der Waals surface area contributed by atoms with Gasteiger partial charge in [0.25, 0.3) is 0 Å². The number of hydrogen-bond acceptors (Lipinski definition) is 4. The first kappa shape index (κ1) is 17.0. The SMILES string of the molecule is CC(NCc1cnc(N)s1)C(C)(C)c1ccccc1.Cl. The van der Waals surface area contributed by atoms with Crippen molar-refractivity contribution in [3.05, 3.63) is 47.0 Å². The minimum absolute atomic E-state index is 0. The van der Waals surface area contributed by atoms with Crippen LogP contribution in [0.4, 0.5) is 5.13 Å². The van der Waals surface area contributed by atoms with Gasteiger partial charge >= 0.3 is 0 Å². The van der Waals surface area contributed by atoms with Crippen molar-refractivity contribution < 1.29 is 0 Å². The van der Waals surface area contributed by atoms with Gasteiger partial charge in [0.05, 0.1) is 0 Å². The summed E-state index contributed by atoms with van der Waals surface area (Å²) < 4.78 is 0. The maximum Gasteiger partial charge on any atom is 0.180 e. The standard InChI is InChI=1S/C15H21N3S.ClH/c1-11(17-9-13-10-18-14(16)19-13)15(2,3)12-7-5-4-6-8-12;/h4-8,10-11,17H,9H2,1-3H3,(H2,16,18);1H. The molecule has 0 aliphatic rings. The predicted molar refractivity (Wildman–Crippen MR) is 89.5 cm³/mol. The van der Waals surface area contributed by atoms with Gasteiger partial charge in [0, 0.05) is 29.1 Å². The Kier molecular flexibility index (Phi) is 5.99. The molecule has 1 aromatic heterocycles. The van der Waals surface area contributed by atoms with E-state index in [1.165, 1.54) is 10.4 Å². The lowest BCUT2D eigenvalue weighted by atomic mass is 9.78. The Hall–Kier alpha value is -1.10. The number of nitrogens with two attached hydrogens (primary N) is 1. The molecule has 0 spiro atoms. The third-order valence-corrected chi connectivity index (χ3v) is 4.58. The lowest BCUT2D eigenvalue weighted by Crippen LogP contribution is -2.42. The van der Waals surface area contributed by atoms with Crippen molar-refractivity contribution in [3.8, 4) is 0 Å². The smallest absolute Gasteiger partial charge is 0.180 e. The van der Waals surface area contributed by atoms with Crippen molar-refractivity contribution in [1.29, 1.82) is 0 Å². The van der Waals surface area contributed by atoms with Crippen LogP contribution in [0.5, 0.6) is 0 Å². The average Bonchev–Trinajstić information content (AvgIpc) is 2.82. The van der Waals surface area contributed by atoms with Gasteiger partial charge in [-0.3, -0.25) is 0 Å². The molecule has 1 heterocycles. The third kappa shape index (κ3) is 3.95. The number of nitrogens with one attached hydrogen (secondary N) is 1. The van der Waals surface area contributed by atoms with Gasteiger partial charge in [-0.25, -0.2) is 4.98 Å². The summed E-state index contributed by atoms with van der Waals surface area (Å²) in [6, 6.07) is 11.0. The Balaban J connectivity index is 0.00000200. The van der Waals surface area contributed by atoms with Crippen LogP contribution in [0.15, 0.2) is 36.5 Å². The predicted octanol–water partition coefficient (Wildman–Crippen LogP) is 3.60. The van der Waals surface area contributed by atoms with E-state index in [1.807, 2.05) is 6.20 Å². The molecule has 0 amide bonds. The normalized spacial score (nSPS) is 12.8. The molecule has 3 nitrogen and oxygen atoms in total. The first-order valence-electron chi connectivity index (χ1n) is 6.49. The van der Waals surface area contributed by atoms with Gasteiger partial charge in [0.1, 0.15) is 0 Å². The zero-order valence-corrected chi connectivity index (χ0v) is 13.7. The van der Waals surface area contributed by atoms with Gasteiger partial charge in [-0.1, -0.05) is 44.2 Å². The molecule has 5 heteroatoms. The van der Waals surface area contributed by atoms with E-state index in [2.05, 4.69) is 61.4 Å². The Labute approximate surface area is 131 Å².